The number of hydrogen-bond acceptors (Lipinski definition) is 6. The number of hydrogen-bond donors (Lipinski definition) is 3. The molecule has 0 heterocycles. The van der Waals surface area contributed by atoms with Crippen molar-refractivity contribution in [2.24, 2.45) is 5.73 Å². The molecule has 0 aromatic heterocycles. The highest BCUT2D eigenvalue weighted by atomic mass is 32.2. The van der Waals surface area contributed by atoms with Crippen LogP contribution in [0.15, 0.2) is 47.4 Å². The van der Waals surface area contributed by atoms with Gasteiger partial charge in [-0.25, -0.2) is 8.42 Å². The molecule has 1 atom stereocenters. The zero-order chi connectivity index (χ0) is 23.2. The SMILES string of the molecule is CCC(OC)ON(CCc1ccc(C(C)C)cc1)S(=O)(=O)c1cc(C(=N)N)ccc1O. The van der Waals surface area contributed by atoms with E-state index in [1.807, 2.05) is 24.3 Å². The third-order valence-electron chi connectivity index (χ3n) is 4.88. The van der Waals surface area contributed by atoms with Gasteiger partial charge >= 0.3 is 0 Å². The first kappa shape index (κ1) is 24.8. The normalized spacial score (nSPS) is 13.0. The van der Waals surface area contributed by atoms with Crippen LogP contribution in [-0.4, -0.2) is 43.8 Å². The van der Waals surface area contributed by atoms with Crippen molar-refractivity contribution in [2.45, 2.75) is 50.7 Å². The maximum Gasteiger partial charge on any atom is 0.268 e. The number of nitrogens with two attached hydrogens (primary N) is 1. The molecule has 9 heteroatoms. The molecule has 0 saturated carbocycles. The van der Waals surface area contributed by atoms with Crippen molar-refractivity contribution >= 4 is 15.9 Å². The third-order valence-corrected chi connectivity index (χ3v) is 6.57. The second-order valence-electron chi connectivity index (χ2n) is 7.45. The monoisotopic (exact) mass is 449 g/mol. The van der Waals surface area contributed by atoms with Crippen LogP contribution in [0.1, 0.15) is 49.8 Å². The van der Waals surface area contributed by atoms with Gasteiger partial charge in [-0.15, -0.1) is 0 Å². The molecule has 0 spiro atoms. The van der Waals surface area contributed by atoms with E-state index in [0.29, 0.717) is 18.8 Å². The number of nitrogens with one attached hydrogen (secondary N) is 1. The van der Waals surface area contributed by atoms with Gasteiger partial charge < -0.3 is 15.6 Å². The fourth-order valence-corrected chi connectivity index (χ4v) is 4.30. The van der Waals surface area contributed by atoms with E-state index in [1.54, 1.807) is 6.92 Å². The Morgan fingerprint density at radius 2 is 1.84 bits per heavy atom. The van der Waals surface area contributed by atoms with Crippen molar-refractivity contribution < 1.29 is 23.1 Å². The number of amidine groups is 1. The maximum absolute atomic E-state index is 13.3. The Kier molecular flexibility index (Phi) is 8.58. The van der Waals surface area contributed by atoms with Gasteiger partial charge in [0.25, 0.3) is 10.0 Å². The molecule has 2 rings (SSSR count). The van der Waals surface area contributed by atoms with Crippen molar-refractivity contribution in [3.05, 3.63) is 59.2 Å². The lowest BCUT2D eigenvalue weighted by atomic mass is 10.0. The van der Waals surface area contributed by atoms with Crippen molar-refractivity contribution in [3.63, 3.8) is 0 Å². The smallest absolute Gasteiger partial charge is 0.268 e. The Balaban J connectivity index is 2.36. The van der Waals surface area contributed by atoms with Gasteiger partial charge in [0.15, 0.2) is 6.29 Å². The van der Waals surface area contributed by atoms with E-state index >= 15 is 0 Å². The second kappa shape index (κ2) is 10.7. The summed E-state index contributed by atoms with van der Waals surface area (Å²) in [5.74, 6) is -0.361. The zero-order valence-electron chi connectivity index (χ0n) is 18.3. The number of sulfonamides is 1. The predicted octanol–water partition coefficient (Wildman–Crippen LogP) is 3.35. The van der Waals surface area contributed by atoms with Gasteiger partial charge in [-0.05, 0) is 48.1 Å². The number of nitrogen functional groups attached to an aromatic ring is 1. The van der Waals surface area contributed by atoms with E-state index in [1.165, 1.54) is 24.8 Å². The molecule has 170 valence electrons. The quantitative estimate of drug-likeness (QED) is 0.209. The van der Waals surface area contributed by atoms with Crippen molar-refractivity contribution in [2.75, 3.05) is 13.7 Å². The fourth-order valence-electron chi connectivity index (χ4n) is 2.93. The summed E-state index contributed by atoms with van der Waals surface area (Å²) in [4.78, 5) is 5.25. The first-order valence-electron chi connectivity index (χ1n) is 10.1. The standard InChI is InChI=1S/C22H31N3O5S/c1-5-21(29-4)30-25(13-12-16-6-8-17(9-7-16)15(2)3)31(27,28)20-14-18(22(23)24)10-11-19(20)26/h6-11,14-15,21,26H,5,12-13H2,1-4H3,(H3,23,24). The first-order chi connectivity index (χ1) is 14.6. The van der Waals surface area contributed by atoms with Gasteiger partial charge in [0, 0.05) is 19.2 Å². The molecular formula is C22H31N3O5S. The van der Waals surface area contributed by atoms with Gasteiger partial charge in [-0.1, -0.05) is 49.5 Å². The largest absolute Gasteiger partial charge is 0.507 e. The summed E-state index contributed by atoms with van der Waals surface area (Å²) in [6, 6.07) is 11.7. The molecular weight excluding hydrogens is 418 g/mol. The Morgan fingerprint density at radius 1 is 1.19 bits per heavy atom. The number of rotatable bonds is 11. The Bertz CT molecular complexity index is 987. The van der Waals surface area contributed by atoms with Gasteiger partial charge in [0.2, 0.25) is 0 Å². The molecule has 0 saturated heterocycles. The molecule has 2 aromatic carbocycles. The summed E-state index contributed by atoms with van der Waals surface area (Å²) >= 11 is 0. The number of ether oxygens (including phenoxy) is 1. The Hall–Kier alpha value is -2.46. The molecule has 1 unspecified atom stereocenters. The topological polar surface area (TPSA) is 126 Å². The second-order valence-corrected chi connectivity index (χ2v) is 9.25. The van der Waals surface area contributed by atoms with Crippen molar-refractivity contribution in [3.8, 4) is 5.75 Å². The summed E-state index contributed by atoms with van der Waals surface area (Å²) < 4.78 is 32.7. The van der Waals surface area contributed by atoms with E-state index in [9.17, 15) is 13.5 Å². The van der Waals surface area contributed by atoms with Gasteiger partial charge in [-0.2, -0.15) is 0 Å². The summed E-state index contributed by atoms with van der Waals surface area (Å²) in [5.41, 5.74) is 7.81. The molecule has 0 aliphatic heterocycles. The first-order valence-corrected chi connectivity index (χ1v) is 11.5. The molecule has 4 N–H and O–H groups in total. The summed E-state index contributed by atoms with van der Waals surface area (Å²) in [6.07, 6.45) is 0.0342. The summed E-state index contributed by atoms with van der Waals surface area (Å²) in [5, 5.41) is 17.8. The minimum atomic E-state index is -4.27. The molecule has 2 aromatic rings. The number of aromatic hydroxyl groups is 1. The minimum Gasteiger partial charge on any atom is -0.507 e. The van der Waals surface area contributed by atoms with E-state index in [2.05, 4.69) is 13.8 Å². The molecule has 0 fully saturated rings. The molecule has 0 bridgehead atoms. The Morgan fingerprint density at radius 3 is 2.35 bits per heavy atom. The van der Waals surface area contributed by atoms with E-state index in [0.717, 1.165) is 16.1 Å². The van der Waals surface area contributed by atoms with Crippen LogP contribution in [0.3, 0.4) is 0 Å². The van der Waals surface area contributed by atoms with Gasteiger partial charge in [-0.3, -0.25) is 10.2 Å². The van der Waals surface area contributed by atoms with Crippen LogP contribution >= 0.6 is 0 Å². The molecule has 31 heavy (non-hydrogen) atoms. The number of methoxy groups -OCH3 is 1. The maximum atomic E-state index is 13.3. The lowest BCUT2D eigenvalue weighted by molar-refractivity contribution is -0.230. The summed E-state index contributed by atoms with van der Waals surface area (Å²) in [7, 11) is -2.84. The van der Waals surface area contributed by atoms with E-state index < -0.39 is 22.1 Å². The average molecular weight is 450 g/mol. The highest BCUT2D eigenvalue weighted by molar-refractivity contribution is 7.89. The predicted molar refractivity (Wildman–Crippen MR) is 119 cm³/mol. The highest BCUT2D eigenvalue weighted by Crippen LogP contribution is 2.28. The third kappa shape index (κ3) is 6.27. The highest BCUT2D eigenvalue weighted by Gasteiger charge is 2.31. The molecule has 0 radical (unpaired) electrons. The number of phenols is 1. The van der Waals surface area contributed by atoms with Crippen LogP contribution < -0.4 is 5.73 Å². The number of nitrogens with zero attached hydrogens (tertiary/aromatic N) is 1. The summed E-state index contributed by atoms with van der Waals surface area (Å²) in [6.45, 7) is 6.02. The number of hydroxylamine groups is 1. The number of phenolic OH excluding ortho intramolecular Hbond substituents is 1. The van der Waals surface area contributed by atoms with Crippen LogP contribution in [-0.2, 0) is 26.0 Å². The van der Waals surface area contributed by atoms with Crippen LogP contribution in [0.2, 0.25) is 0 Å². The van der Waals surface area contributed by atoms with Gasteiger partial charge in [0.1, 0.15) is 16.5 Å². The molecule has 0 aliphatic carbocycles. The fraction of sp³-hybridized carbons (Fsp3) is 0.409. The average Bonchev–Trinajstić information content (AvgIpc) is 2.74. The van der Waals surface area contributed by atoms with Crippen LogP contribution in [0, 0.1) is 5.41 Å². The lowest BCUT2D eigenvalue weighted by Crippen LogP contribution is -2.37. The molecule has 0 amide bonds. The van der Waals surface area contributed by atoms with Crippen LogP contribution in [0.4, 0.5) is 0 Å². The molecule has 0 aliphatic rings. The van der Waals surface area contributed by atoms with Crippen molar-refractivity contribution in [1.29, 1.82) is 5.41 Å². The number of benzene rings is 2. The molecule has 8 nitrogen and oxygen atoms in total. The van der Waals surface area contributed by atoms with Crippen molar-refractivity contribution in [1.82, 2.24) is 4.47 Å². The lowest BCUT2D eigenvalue weighted by Gasteiger charge is -2.26. The van der Waals surface area contributed by atoms with Crippen LogP contribution in [0.5, 0.6) is 5.75 Å². The zero-order valence-corrected chi connectivity index (χ0v) is 19.1. The minimum absolute atomic E-state index is 0.00690. The van der Waals surface area contributed by atoms with E-state index in [4.69, 9.17) is 20.7 Å². The van der Waals surface area contributed by atoms with Crippen LogP contribution in [0.25, 0.3) is 0 Å². The Labute approximate surface area is 184 Å². The van der Waals surface area contributed by atoms with E-state index in [-0.39, 0.29) is 22.8 Å². The van der Waals surface area contributed by atoms with Gasteiger partial charge in [0.05, 0.1) is 0 Å².